The Hall–Kier alpha value is -2.63. The van der Waals surface area contributed by atoms with Gasteiger partial charge in [-0.3, -0.25) is 14.4 Å². The lowest BCUT2D eigenvalue weighted by Gasteiger charge is -2.18. The maximum atomic E-state index is 12.8. The third-order valence-electron chi connectivity index (χ3n) is 12.1. The largest absolute Gasteiger partial charge is 0.462 e. The van der Waals surface area contributed by atoms with Crippen molar-refractivity contribution in [2.24, 2.45) is 0 Å². The van der Waals surface area contributed by atoms with Crippen LogP contribution >= 0.6 is 0 Å². The minimum absolute atomic E-state index is 0.0800. The van der Waals surface area contributed by atoms with Gasteiger partial charge in [0.1, 0.15) is 13.2 Å². The van der Waals surface area contributed by atoms with Gasteiger partial charge in [-0.15, -0.1) is 0 Å². The molecule has 0 heterocycles. The first kappa shape index (κ1) is 61.4. The number of ether oxygens (including phenoxy) is 3. The molecule has 372 valence electrons. The smallest absolute Gasteiger partial charge is 0.306 e. The second-order valence-electron chi connectivity index (χ2n) is 18.5. The topological polar surface area (TPSA) is 78.9 Å². The normalized spacial score (nSPS) is 12.4. The molecule has 0 amide bonds. The van der Waals surface area contributed by atoms with Crippen molar-refractivity contribution >= 4 is 17.9 Å². The molecule has 6 nitrogen and oxygen atoms in total. The number of rotatable bonds is 50. The molecule has 0 aliphatic rings. The third kappa shape index (κ3) is 50.4. The van der Waals surface area contributed by atoms with Crippen LogP contribution in [-0.2, 0) is 28.6 Å². The third-order valence-corrected chi connectivity index (χ3v) is 12.1. The van der Waals surface area contributed by atoms with E-state index in [0.29, 0.717) is 19.3 Å². The molecule has 0 bridgehead atoms. The van der Waals surface area contributed by atoms with Gasteiger partial charge in [0.25, 0.3) is 0 Å². The highest BCUT2D eigenvalue weighted by atomic mass is 16.6. The van der Waals surface area contributed by atoms with E-state index in [2.05, 4.69) is 69.4 Å². The average molecular weight is 897 g/mol. The zero-order valence-electron chi connectivity index (χ0n) is 42.6. The van der Waals surface area contributed by atoms with Crippen LogP contribution in [-0.4, -0.2) is 37.2 Å². The van der Waals surface area contributed by atoms with Crippen LogP contribution in [0.1, 0.15) is 284 Å². The van der Waals surface area contributed by atoms with Gasteiger partial charge in [-0.05, 0) is 77.0 Å². The van der Waals surface area contributed by atoms with Crippen molar-refractivity contribution in [2.75, 3.05) is 13.2 Å². The van der Waals surface area contributed by atoms with Gasteiger partial charge in [-0.1, -0.05) is 236 Å². The van der Waals surface area contributed by atoms with Crippen LogP contribution in [0, 0.1) is 0 Å². The van der Waals surface area contributed by atoms with Gasteiger partial charge >= 0.3 is 17.9 Å². The molecule has 0 fully saturated rings. The number of carbonyl (C=O) groups excluding carboxylic acids is 3. The monoisotopic (exact) mass is 897 g/mol. The van der Waals surface area contributed by atoms with Crippen LogP contribution in [0.2, 0.25) is 0 Å². The summed E-state index contributed by atoms with van der Waals surface area (Å²) in [6, 6.07) is 0. The Kier molecular flexibility index (Phi) is 50.8. The molecular formula is C58H104O6. The first-order valence-electron chi connectivity index (χ1n) is 27.6. The first-order chi connectivity index (χ1) is 31.5. The minimum atomic E-state index is -0.781. The number of esters is 3. The zero-order chi connectivity index (χ0) is 46.5. The summed E-state index contributed by atoms with van der Waals surface area (Å²) in [6.07, 6.45) is 63.8. The van der Waals surface area contributed by atoms with Crippen LogP contribution in [0.4, 0.5) is 0 Å². The molecule has 0 rings (SSSR count). The van der Waals surface area contributed by atoms with E-state index < -0.39 is 6.10 Å². The molecule has 0 radical (unpaired) electrons. The van der Waals surface area contributed by atoms with E-state index in [4.69, 9.17) is 14.2 Å². The summed E-state index contributed by atoms with van der Waals surface area (Å²) in [5.41, 5.74) is 0. The van der Waals surface area contributed by atoms with E-state index in [0.717, 1.165) is 89.9 Å². The van der Waals surface area contributed by atoms with Crippen molar-refractivity contribution in [3.8, 4) is 0 Å². The molecule has 1 atom stereocenters. The summed E-state index contributed by atoms with van der Waals surface area (Å²) >= 11 is 0. The predicted octanol–water partition coefficient (Wildman–Crippen LogP) is 18.3. The highest BCUT2D eigenvalue weighted by molar-refractivity contribution is 5.71. The molecule has 0 aliphatic heterocycles. The fraction of sp³-hybridized carbons (Fsp3) is 0.810. The minimum Gasteiger partial charge on any atom is -0.462 e. The second-order valence-corrected chi connectivity index (χ2v) is 18.5. The zero-order valence-corrected chi connectivity index (χ0v) is 42.6. The Labute approximate surface area is 397 Å². The molecule has 0 aromatic carbocycles. The predicted molar refractivity (Wildman–Crippen MR) is 275 cm³/mol. The van der Waals surface area contributed by atoms with Crippen molar-refractivity contribution in [1.82, 2.24) is 0 Å². The van der Waals surface area contributed by atoms with Gasteiger partial charge in [-0.2, -0.15) is 0 Å². The quantitative estimate of drug-likeness (QED) is 0.0262. The van der Waals surface area contributed by atoms with Gasteiger partial charge in [0.05, 0.1) is 0 Å². The summed E-state index contributed by atoms with van der Waals surface area (Å²) in [7, 11) is 0. The highest BCUT2D eigenvalue weighted by Gasteiger charge is 2.19. The summed E-state index contributed by atoms with van der Waals surface area (Å²) in [6.45, 7) is 6.53. The second kappa shape index (κ2) is 53.0. The summed E-state index contributed by atoms with van der Waals surface area (Å²) in [5, 5.41) is 0. The molecule has 0 saturated heterocycles. The molecule has 1 unspecified atom stereocenters. The van der Waals surface area contributed by atoms with Gasteiger partial charge in [0, 0.05) is 19.3 Å². The lowest BCUT2D eigenvalue weighted by Crippen LogP contribution is -2.30. The summed E-state index contributed by atoms with van der Waals surface area (Å²) in [5.74, 6) is -0.894. The Morgan fingerprint density at radius 2 is 0.609 bits per heavy atom. The van der Waals surface area contributed by atoms with E-state index in [1.165, 1.54) is 154 Å². The fourth-order valence-electron chi connectivity index (χ4n) is 7.92. The molecule has 0 aromatic heterocycles. The van der Waals surface area contributed by atoms with E-state index in [9.17, 15) is 14.4 Å². The Morgan fingerprint density at radius 1 is 0.328 bits per heavy atom. The molecule has 6 heteroatoms. The molecule has 0 spiro atoms. The highest BCUT2D eigenvalue weighted by Crippen LogP contribution is 2.16. The SMILES string of the molecule is CC/C=C\C/C=C\C/C=C\CCCCCCC(=O)OCC(COC(=O)CCCCCCCCC/C=C\CCCCCCCC)OC(=O)CCCCCCCCCCCCCCCCC. The van der Waals surface area contributed by atoms with E-state index in [-0.39, 0.29) is 31.1 Å². The fourth-order valence-corrected chi connectivity index (χ4v) is 7.92. The van der Waals surface area contributed by atoms with Crippen LogP contribution in [0.15, 0.2) is 48.6 Å². The van der Waals surface area contributed by atoms with Gasteiger partial charge in [0.15, 0.2) is 6.10 Å². The Morgan fingerprint density at radius 3 is 0.969 bits per heavy atom. The Bertz CT molecular complexity index is 1120. The van der Waals surface area contributed by atoms with Gasteiger partial charge < -0.3 is 14.2 Å². The van der Waals surface area contributed by atoms with Crippen LogP contribution in [0.25, 0.3) is 0 Å². The van der Waals surface area contributed by atoms with Crippen LogP contribution < -0.4 is 0 Å². The maximum absolute atomic E-state index is 12.8. The van der Waals surface area contributed by atoms with Crippen molar-refractivity contribution < 1.29 is 28.6 Å². The summed E-state index contributed by atoms with van der Waals surface area (Å²) < 4.78 is 16.8. The van der Waals surface area contributed by atoms with E-state index in [1.54, 1.807) is 0 Å². The van der Waals surface area contributed by atoms with Crippen molar-refractivity contribution in [1.29, 1.82) is 0 Å². The molecule has 0 aliphatic carbocycles. The number of allylic oxidation sites excluding steroid dienone is 8. The number of unbranched alkanes of at least 4 members (excludes halogenated alkanes) is 31. The van der Waals surface area contributed by atoms with Gasteiger partial charge in [-0.25, -0.2) is 0 Å². The summed E-state index contributed by atoms with van der Waals surface area (Å²) in [4.78, 5) is 38.1. The average Bonchev–Trinajstić information content (AvgIpc) is 3.29. The standard InChI is InChI=1S/C58H104O6/c1-4-7-10-13-16-19-22-25-28-29-31-33-36-39-42-45-48-51-57(60)63-54-55(53-62-56(59)50-47-44-41-38-35-32-27-24-21-18-15-12-9-6-3)64-58(61)52-49-46-43-40-37-34-30-26-23-20-17-14-11-8-5-2/h9,12,18,21,25,27-28,32,55H,4-8,10-11,13-17,19-20,22-24,26,29-31,33-54H2,1-3H3/b12-9-,21-18-,28-25-,32-27-. The molecular weight excluding hydrogens is 793 g/mol. The van der Waals surface area contributed by atoms with Crippen LogP contribution in [0.5, 0.6) is 0 Å². The first-order valence-corrected chi connectivity index (χ1v) is 27.6. The van der Waals surface area contributed by atoms with Crippen molar-refractivity contribution in [2.45, 2.75) is 290 Å². The molecule has 0 saturated carbocycles. The van der Waals surface area contributed by atoms with Crippen molar-refractivity contribution in [3.05, 3.63) is 48.6 Å². The lowest BCUT2D eigenvalue weighted by molar-refractivity contribution is -0.167. The van der Waals surface area contributed by atoms with E-state index in [1.807, 2.05) is 0 Å². The number of carbonyl (C=O) groups is 3. The van der Waals surface area contributed by atoms with Gasteiger partial charge in [0.2, 0.25) is 0 Å². The van der Waals surface area contributed by atoms with Crippen molar-refractivity contribution in [3.63, 3.8) is 0 Å². The Balaban J connectivity index is 4.38. The molecule has 64 heavy (non-hydrogen) atoms. The molecule has 0 aromatic rings. The lowest BCUT2D eigenvalue weighted by atomic mass is 10.0. The van der Waals surface area contributed by atoms with E-state index >= 15 is 0 Å². The number of hydrogen-bond acceptors (Lipinski definition) is 6. The maximum Gasteiger partial charge on any atom is 0.306 e. The number of hydrogen-bond donors (Lipinski definition) is 0. The molecule has 0 N–H and O–H groups in total. The van der Waals surface area contributed by atoms with Crippen LogP contribution in [0.3, 0.4) is 0 Å².